The van der Waals surface area contributed by atoms with Crippen LogP contribution in [0.5, 0.6) is 0 Å². The van der Waals surface area contributed by atoms with Gasteiger partial charge in [0.15, 0.2) is 5.82 Å². The lowest BCUT2D eigenvalue weighted by molar-refractivity contribution is 0.304. The fourth-order valence-electron chi connectivity index (χ4n) is 3.83. The summed E-state index contributed by atoms with van der Waals surface area (Å²) in [6.45, 7) is 0. The van der Waals surface area contributed by atoms with Crippen LogP contribution < -0.4 is 5.73 Å². The minimum absolute atomic E-state index is 0.413. The van der Waals surface area contributed by atoms with Crippen molar-refractivity contribution in [1.29, 1.82) is 0 Å². The van der Waals surface area contributed by atoms with Crippen molar-refractivity contribution in [3.05, 3.63) is 23.2 Å². The number of rotatable bonds is 2. The Morgan fingerprint density at radius 3 is 2.90 bits per heavy atom. The predicted molar refractivity (Wildman–Crippen MR) is 77.2 cm³/mol. The molecule has 2 saturated carbocycles. The molecule has 1 aromatic carbocycles. The summed E-state index contributed by atoms with van der Waals surface area (Å²) in [5.74, 6) is 2.29. The molecule has 0 amide bonds. The summed E-state index contributed by atoms with van der Waals surface area (Å²) >= 11 is 6.31. The van der Waals surface area contributed by atoms with Crippen LogP contribution in [0.4, 0.5) is 5.69 Å². The molecule has 2 N–H and O–H groups in total. The van der Waals surface area contributed by atoms with E-state index in [4.69, 9.17) is 17.3 Å². The summed E-state index contributed by atoms with van der Waals surface area (Å²) < 4.78 is 1.96. The zero-order valence-electron chi connectivity index (χ0n) is 11.0. The first-order valence-electron chi connectivity index (χ1n) is 7.06. The van der Waals surface area contributed by atoms with Gasteiger partial charge in [0.25, 0.3) is 0 Å². The number of nitrogens with zero attached hydrogens (tertiary/aromatic N) is 4. The maximum atomic E-state index is 6.31. The van der Waals surface area contributed by atoms with E-state index in [1.807, 2.05) is 16.8 Å². The largest absolute Gasteiger partial charge is 0.398 e. The zero-order valence-corrected chi connectivity index (χ0v) is 11.8. The standard InChI is InChI=1S/C14H16ClN5/c15-13-10(2-1-3-11(13)16)14-17-18-19-20(14)12-7-8-4-5-9(12)6-8/h1-3,8-9,12H,4-7,16H2. The van der Waals surface area contributed by atoms with Gasteiger partial charge in [-0.2, -0.15) is 0 Å². The van der Waals surface area contributed by atoms with Gasteiger partial charge in [-0.3, -0.25) is 0 Å². The Bertz CT molecular complexity index is 653. The highest BCUT2D eigenvalue weighted by molar-refractivity contribution is 6.35. The van der Waals surface area contributed by atoms with Gasteiger partial charge in [0, 0.05) is 5.56 Å². The van der Waals surface area contributed by atoms with Gasteiger partial charge in [0.1, 0.15) is 0 Å². The van der Waals surface area contributed by atoms with Crippen LogP contribution in [0.1, 0.15) is 31.7 Å². The summed E-state index contributed by atoms with van der Waals surface area (Å²) in [4.78, 5) is 0. The first-order valence-corrected chi connectivity index (χ1v) is 7.44. The van der Waals surface area contributed by atoms with Crippen molar-refractivity contribution >= 4 is 17.3 Å². The first kappa shape index (κ1) is 12.1. The van der Waals surface area contributed by atoms with Crippen LogP contribution in [0.25, 0.3) is 11.4 Å². The maximum Gasteiger partial charge on any atom is 0.183 e. The average Bonchev–Trinajstić information content (AvgIpc) is 3.15. The number of hydrogen-bond donors (Lipinski definition) is 1. The van der Waals surface area contributed by atoms with E-state index in [1.165, 1.54) is 25.7 Å². The Morgan fingerprint density at radius 1 is 1.25 bits per heavy atom. The molecule has 3 unspecified atom stereocenters. The number of fused-ring (bicyclic) bond motifs is 2. The Balaban J connectivity index is 1.77. The Kier molecular flexibility index (Phi) is 2.70. The second kappa shape index (κ2) is 4.45. The van der Waals surface area contributed by atoms with E-state index in [2.05, 4.69) is 15.5 Å². The molecule has 0 radical (unpaired) electrons. The van der Waals surface area contributed by atoms with Crippen LogP contribution in [0.2, 0.25) is 5.02 Å². The third-order valence-electron chi connectivity index (χ3n) is 4.78. The highest BCUT2D eigenvalue weighted by Gasteiger charge is 2.42. The quantitative estimate of drug-likeness (QED) is 0.863. The average molecular weight is 290 g/mol. The number of hydrogen-bond acceptors (Lipinski definition) is 4. The van der Waals surface area contributed by atoms with Crippen molar-refractivity contribution in [1.82, 2.24) is 20.2 Å². The number of anilines is 1. The second-order valence-electron chi connectivity index (χ2n) is 5.90. The minimum Gasteiger partial charge on any atom is -0.398 e. The number of nitrogens with two attached hydrogens (primary N) is 1. The molecular weight excluding hydrogens is 274 g/mol. The smallest absolute Gasteiger partial charge is 0.183 e. The molecule has 0 aliphatic heterocycles. The van der Waals surface area contributed by atoms with Gasteiger partial charge in [-0.1, -0.05) is 24.1 Å². The SMILES string of the molecule is Nc1cccc(-c2nnnn2C2CC3CCC2C3)c1Cl. The molecule has 104 valence electrons. The van der Waals surface area contributed by atoms with Crippen LogP contribution in [0, 0.1) is 11.8 Å². The molecule has 0 saturated heterocycles. The molecule has 4 rings (SSSR count). The van der Waals surface area contributed by atoms with E-state index in [0.717, 1.165) is 17.3 Å². The van der Waals surface area contributed by atoms with Gasteiger partial charge >= 0.3 is 0 Å². The number of nitrogen functional groups attached to an aromatic ring is 1. The lowest BCUT2D eigenvalue weighted by atomic mass is 9.95. The van der Waals surface area contributed by atoms with Crippen molar-refractivity contribution in [3.63, 3.8) is 0 Å². The zero-order chi connectivity index (χ0) is 13.7. The van der Waals surface area contributed by atoms with Crippen molar-refractivity contribution in [2.75, 3.05) is 5.73 Å². The summed E-state index contributed by atoms with van der Waals surface area (Å²) in [6.07, 6.45) is 5.15. The van der Waals surface area contributed by atoms with Gasteiger partial charge in [0.2, 0.25) is 0 Å². The fourth-order valence-corrected chi connectivity index (χ4v) is 4.04. The Hall–Kier alpha value is -1.62. The van der Waals surface area contributed by atoms with Gasteiger partial charge in [-0.15, -0.1) is 5.10 Å². The van der Waals surface area contributed by atoms with Crippen molar-refractivity contribution in [2.24, 2.45) is 11.8 Å². The number of tetrazole rings is 1. The van der Waals surface area contributed by atoms with Crippen LogP contribution >= 0.6 is 11.6 Å². The molecule has 2 bridgehead atoms. The van der Waals surface area contributed by atoms with E-state index in [0.29, 0.717) is 22.7 Å². The lowest BCUT2D eigenvalue weighted by Gasteiger charge is -2.22. The normalized spacial score (nSPS) is 28.1. The molecule has 2 fully saturated rings. The van der Waals surface area contributed by atoms with E-state index < -0.39 is 0 Å². The molecule has 1 aromatic heterocycles. The highest BCUT2D eigenvalue weighted by atomic mass is 35.5. The third kappa shape index (κ3) is 1.73. The van der Waals surface area contributed by atoms with E-state index in [-0.39, 0.29) is 0 Å². The lowest BCUT2D eigenvalue weighted by Crippen LogP contribution is -2.18. The predicted octanol–water partition coefficient (Wildman–Crippen LogP) is 2.94. The molecule has 5 nitrogen and oxygen atoms in total. The molecule has 1 heterocycles. The van der Waals surface area contributed by atoms with Gasteiger partial charge < -0.3 is 5.73 Å². The van der Waals surface area contributed by atoms with Gasteiger partial charge in [-0.05, 0) is 53.7 Å². The number of aromatic nitrogens is 4. The Morgan fingerprint density at radius 2 is 2.15 bits per heavy atom. The molecule has 6 heteroatoms. The van der Waals surface area contributed by atoms with Crippen LogP contribution in [-0.2, 0) is 0 Å². The fraction of sp³-hybridized carbons (Fsp3) is 0.500. The van der Waals surface area contributed by atoms with E-state index in [9.17, 15) is 0 Å². The van der Waals surface area contributed by atoms with Gasteiger partial charge in [-0.25, -0.2) is 4.68 Å². The maximum absolute atomic E-state index is 6.31. The second-order valence-corrected chi connectivity index (χ2v) is 6.28. The van der Waals surface area contributed by atoms with E-state index >= 15 is 0 Å². The van der Waals surface area contributed by atoms with Crippen molar-refractivity contribution in [3.8, 4) is 11.4 Å². The highest BCUT2D eigenvalue weighted by Crippen LogP contribution is 2.51. The van der Waals surface area contributed by atoms with E-state index in [1.54, 1.807) is 6.07 Å². The molecular formula is C14H16ClN5. The Labute approximate surface area is 122 Å². The molecule has 2 aliphatic rings. The number of halogens is 1. The summed E-state index contributed by atoms with van der Waals surface area (Å²) in [5.41, 5.74) is 7.26. The third-order valence-corrected chi connectivity index (χ3v) is 5.20. The van der Waals surface area contributed by atoms with Crippen LogP contribution in [-0.4, -0.2) is 20.2 Å². The van der Waals surface area contributed by atoms with Crippen molar-refractivity contribution < 1.29 is 0 Å². The summed E-state index contributed by atoms with van der Waals surface area (Å²) in [6, 6.07) is 6.01. The van der Waals surface area contributed by atoms with Gasteiger partial charge in [0.05, 0.1) is 16.8 Å². The minimum atomic E-state index is 0.413. The summed E-state index contributed by atoms with van der Waals surface area (Å²) in [7, 11) is 0. The monoisotopic (exact) mass is 289 g/mol. The molecule has 3 atom stereocenters. The topological polar surface area (TPSA) is 69.6 Å². The molecule has 20 heavy (non-hydrogen) atoms. The molecule has 2 aliphatic carbocycles. The molecule has 0 spiro atoms. The first-order chi connectivity index (χ1) is 9.74. The van der Waals surface area contributed by atoms with Crippen molar-refractivity contribution in [2.45, 2.75) is 31.7 Å². The molecule has 2 aromatic rings. The summed E-state index contributed by atoms with van der Waals surface area (Å²) in [5, 5.41) is 12.8. The van der Waals surface area contributed by atoms with Crippen LogP contribution in [0.3, 0.4) is 0 Å². The van der Waals surface area contributed by atoms with Crippen LogP contribution in [0.15, 0.2) is 18.2 Å². The number of benzene rings is 1.